The maximum absolute atomic E-state index is 9.46. The van der Waals surface area contributed by atoms with Gasteiger partial charge in [-0.3, -0.25) is 0 Å². The molecule has 0 N–H and O–H groups in total. The Morgan fingerprint density at radius 3 is 3.25 bits per heavy atom. The highest BCUT2D eigenvalue weighted by molar-refractivity contribution is 5.39. The van der Waals surface area contributed by atoms with Gasteiger partial charge in [0.2, 0.25) is 12.5 Å². The molecule has 5 heteroatoms. The van der Waals surface area contributed by atoms with Crippen molar-refractivity contribution in [3.63, 3.8) is 0 Å². The lowest BCUT2D eigenvalue weighted by atomic mass is 11.1. The molecule has 0 fully saturated rings. The quantitative estimate of drug-likeness (QED) is 0.379. The van der Waals surface area contributed by atoms with E-state index in [2.05, 4.69) is 19.7 Å². The predicted octanol–water partition coefficient (Wildman–Crippen LogP) is 0.0369. The van der Waals surface area contributed by atoms with Gasteiger partial charge in [-0.05, 0) is 5.16 Å². The van der Waals surface area contributed by atoms with Gasteiger partial charge in [0, 0.05) is 0 Å². The van der Waals surface area contributed by atoms with Crippen LogP contribution >= 0.6 is 0 Å². The van der Waals surface area contributed by atoms with Crippen molar-refractivity contribution in [1.82, 2.24) is 10.1 Å². The predicted molar refractivity (Wildman–Crippen MR) is 22.1 cm³/mol. The molecule has 0 aliphatic heterocycles. The van der Waals surface area contributed by atoms with Gasteiger partial charge >= 0.3 is 0 Å². The molecule has 0 spiro atoms. The van der Waals surface area contributed by atoms with E-state index in [4.69, 9.17) is 0 Å². The van der Waals surface area contributed by atoms with Crippen molar-refractivity contribution in [2.75, 3.05) is 0 Å². The summed E-state index contributed by atoms with van der Waals surface area (Å²) in [7, 11) is 0. The molecule has 40 valence electrons. The summed E-state index contributed by atoms with van der Waals surface area (Å²) in [5, 5.41) is 3.19. The van der Waals surface area contributed by atoms with Crippen LogP contribution in [0.2, 0.25) is 0 Å². The highest BCUT2D eigenvalue weighted by Gasteiger charge is 1.88. The van der Waals surface area contributed by atoms with E-state index in [9.17, 15) is 4.79 Å². The van der Waals surface area contributed by atoms with Gasteiger partial charge in [0.15, 0.2) is 0 Å². The number of aliphatic imine (C=N–C) groups is 1. The van der Waals surface area contributed by atoms with Crippen LogP contribution in [0.5, 0.6) is 0 Å². The van der Waals surface area contributed by atoms with E-state index in [1.54, 1.807) is 0 Å². The van der Waals surface area contributed by atoms with Crippen LogP contribution in [0.1, 0.15) is 0 Å². The molecule has 8 heavy (non-hydrogen) atoms. The highest BCUT2D eigenvalue weighted by atomic mass is 16.5. The molecular weight excluding hydrogens is 110 g/mol. The van der Waals surface area contributed by atoms with Crippen LogP contribution < -0.4 is 0 Å². The SMILES string of the molecule is O=C=Nc1ncon1. The van der Waals surface area contributed by atoms with Crippen LogP contribution in [-0.4, -0.2) is 16.2 Å². The van der Waals surface area contributed by atoms with Crippen molar-refractivity contribution in [1.29, 1.82) is 0 Å². The van der Waals surface area contributed by atoms with Crippen molar-refractivity contribution in [3.05, 3.63) is 6.39 Å². The number of nitrogens with zero attached hydrogens (tertiary/aromatic N) is 3. The van der Waals surface area contributed by atoms with E-state index in [-0.39, 0.29) is 5.95 Å². The number of hydrogen-bond donors (Lipinski definition) is 0. The number of isocyanates is 1. The summed E-state index contributed by atoms with van der Waals surface area (Å²) < 4.78 is 4.23. The van der Waals surface area contributed by atoms with E-state index >= 15 is 0 Å². The summed E-state index contributed by atoms with van der Waals surface area (Å²) in [4.78, 5) is 15.9. The second kappa shape index (κ2) is 1.99. The zero-order valence-electron chi connectivity index (χ0n) is 3.74. The largest absolute Gasteiger partial charge is 0.341 e. The summed E-state index contributed by atoms with van der Waals surface area (Å²) in [6, 6.07) is 0. The normalized spacial score (nSPS) is 8.00. The minimum absolute atomic E-state index is 0.000000000000000222. The van der Waals surface area contributed by atoms with Crippen LogP contribution in [0.4, 0.5) is 5.95 Å². The third-order valence-electron chi connectivity index (χ3n) is 0.495. The first-order chi connectivity index (χ1) is 3.93. The summed E-state index contributed by atoms with van der Waals surface area (Å²) in [5.41, 5.74) is 0. The molecule has 0 atom stereocenters. The monoisotopic (exact) mass is 111 g/mol. The van der Waals surface area contributed by atoms with Crippen LogP contribution in [0, 0.1) is 0 Å². The molecule has 0 aromatic carbocycles. The summed E-state index contributed by atoms with van der Waals surface area (Å²) in [5.74, 6) is 0.000000000000000222. The van der Waals surface area contributed by atoms with Gasteiger partial charge in [0.25, 0.3) is 5.95 Å². The Hall–Kier alpha value is -1.48. The topological polar surface area (TPSA) is 68.3 Å². The Kier molecular flexibility index (Phi) is 1.16. The van der Waals surface area contributed by atoms with E-state index in [0.29, 0.717) is 0 Å². The fourth-order valence-corrected chi connectivity index (χ4v) is 0.255. The lowest BCUT2D eigenvalue weighted by Crippen LogP contribution is -1.61. The third kappa shape index (κ3) is 0.772. The number of hydrogen-bond acceptors (Lipinski definition) is 5. The van der Waals surface area contributed by atoms with Crippen molar-refractivity contribution >= 4 is 12.0 Å². The Balaban J connectivity index is 2.93. The lowest BCUT2D eigenvalue weighted by molar-refractivity contribution is 0.418. The standard InChI is InChI=1S/C3HN3O2/c7-1-4-3-5-2-8-6-3/h2H. The van der Waals surface area contributed by atoms with E-state index in [1.165, 1.54) is 6.08 Å². The van der Waals surface area contributed by atoms with E-state index in [0.717, 1.165) is 6.39 Å². The fraction of sp³-hybridized carbons (Fsp3) is 0. The first kappa shape index (κ1) is 4.67. The molecule has 0 bridgehead atoms. The zero-order valence-corrected chi connectivity index (χ0v) is 3.74. The molecular formula is C3HN3O2. The van der Waals surface area contributed by atoms with Crippen molar-refractivity contribution < 1.29 is 9.32 Å². The van der Waals surface area contributed by atoms with Gasteiger partial charge in [-0.25, -0.2) is 4.79 Å². The van der Waals surface area contributed by atoms with Gasteiger partial charge in [0.05, 0.1) is 0 Å². The van der Waals surface area contributed by atoms with Crippen molar-refractivity contribution in [3.8, 4) is 0 Å². The molecule has 1 aromatic heterocycles. The van der Waals surface area contributed by atoms with Gasteiger partial charge in [-0.2, -0.15) is 4.98 Å². The van der Waals surface area contributed by atoms with Crippen LogP contribution in [-0.2, 0) is 4.79 Å². The van der Waals surface area contributed by atoms with E-state index < -0.39 is 0 Å². The molecule has 0 saturated heterocycles. The second-order valence-electron chi connectivity index (χ2n) is 0.934. The molecule has 0 aliphatic carbocycles. The van der Waals surface area contributed by atoms with Crippen LogP contribution in [0.15, 0.2) is 15.9 Å². The lowest BCUT2D eigenvalue weighted by Gasteiger charge is -1.63. The Bertz CT molecular complexity index is 198. The van der Waals surface area contributed by atoms with Gasteiger partial charge in [0.1, 0.15) is 0 Å². The minimum atomic E-state index is 0.000000000000000222. The van der Waals surface area contributed by atoms with Crippen LogP contribution in [0.3, 0.4) is 0 Å². The Morgan fingerprint density at radius 2 is 2.75 bits per heavy atom. The minimum Gasteiger partial charge on any atom is -0.341 e. The van der Waals surface area contributed by atoms with Gasteiger partial charge in [-0.1, -0.05) is 0 Å². The molecule has 0 radical (unpaired) electrons. The van der Waals surface area contributed by atoms with Gasteiger partial charge in [-0.15, -0.1) is 4.99 Å². The van der Waals surface area contributed by atoms with Gasteiger partial charge < -0.3 is 4.52 Å². The second-order valence-corrected chi connectivity index (χ2v) is 0.934. The smallest absolute Gasteiger partial charge is 0.300 e. The molecule has 0 saturated carbocycles. The Morgan fingerprint density at radius 1 is 1.88 bits per heavy atom. The summed E-state index contributed by atoms with van der Waals surface area (Å²) in [6.45, 7) is 0. The summed E-state index contributed by atoms with van der Waals surface area (Å²) in [6.07, 6.45) is 2.34. The average Bonchev–Trinajstić information content (AvgIpc) is 2.19. The van der Waals surface area contributed by atoms with Crippen molar-refractivity contribution in [2.45, 2.75) is 0 Å². The molecule has 1 rings (SSSR count). The van der Waals surface area contributed by atoms with E-state index in [1.807, 2.05) is 0 Å². The Labute approximate surface area is 44.0 Å². The first-order valence-electron chi connectivity index (χ1n) is 1.78. The van der Waals surface area contributed by atoms with Crippen molar-refractivity contribution in [2.24, 2.45) is 4.99 Å². The first-order valence-corrected chi connectivity index (χ1v) is 1.78. The zero-order chi connectivity index (χ0) is 5.82. The van der Waals surface area contributed by atoms with Crippen LogP contribution in [0.25, 0.3) is 0 Å². The molecule has 1 aromatic rings. The number of carbonyl (C=O) groups excluding carboxylic acids is 1. The average molecular weight is 111 g/mol. The summed E-state index contributed by atoms with van der Waals surface area (Å²) >= 11 is 0. The number of rotatable bonds is 1. The molecule has 0 aliphatic rings. The maximum Gasteiger partial charge on any atom is 0.300 e. The molecule has 0 unspecified atom stereocenters. The molecule has 5 nitrogen and oxygen atoms in total. The highest BCUT2D eigenvalue weighted by Crippen LogP contribution is 1.96. The fourth-order valence-electron chi connectivity index (χ4n) is 0.255. The third-order valence-corrected chi connectivity index (χ3v) is 0.495. The molecule has 0 amide bonds. The number of aromatic nitrogens is 2. The maximum atomic E-state index is 9.46. The molecule has 1 heterocycles.